The van der Waals surface area contributed by atoms with Gasteiger partial charge in [0.25, 0.3) is 0 Å². The van der Waals surface area contributed by atoms with Crippen LogP contribution < -0.4 is 5.32 Å². The SMILES string of the molecule is C=C(C)ON(C)/N=C(\NCc1ccccc1)OCC. The van der Waals surface area contributed by atoms with Gasteiger partial charge < -0.3 is 14.9 Å². The molecule has 0 saturated carbocycles. The van der Waals surface area contributed by atoms with Gasteiger partial charge in [0.05, 0.1) is 13.7 Å². The first-order valence-corrected chi connectivity index (χ1v) is 6.18. The highest BCUT2D eigenvalue weighted by Crippen LogP contribution is 1.99. The Morgan fingerprint density at radius 1 is 1.37 bits per heavy atom. The van der Waals surface area contributed by atoms with E-state index in [4.69, 9.17) is 9.57 Å². The number of hydrogen-bond acceptors (Lipinski definition) is 4. The largest absolute Gasteiger partial charge is 0.464 e. The Labute approximate surface area is 114 Å². The highest BCUT2D eigenvalue weighted by Gasteiger charge is 2.03. The fraction of sp³-hybridized carbons (Fsp3) is 0.357. The maximum absolute atomic E-state index is 5.40. The molecule has 104 valence electrons. The van der Waals surface area contributed by atoms with Crippen LogP contribution >= 0.6 is 0 Å². The van der Waals surface area contributed by atoms with Crippen molar-refractivity contribution in [2.75, 3.05) is 13.7 Å². The molecule has 0 aliphatic rings. The molecule has 0 radical (unpaired) electrons. The number of hydroxylamine groups is 1. The molecule has 0 aromatic heterocycles. The normalized spacial score (nSPS) is 10.8. The molecule has 0 aliphatic carbocycles. The predicted molar refractivity (Wildman–Crippen MR) is 76.0 cm³/mol. The van der Waals surface area contributed by atoms with Crippen molar-refractivity contribution in [2.45, 2.75) is 20.4 Å². The van der Waals surface area contributed by atoms with E-state index in [0.717, 1.165) is 5.56 Å². The number of nitrogens with zero attached hydrogens (tertiary/aromatic N) is 2. The molecular weight excluding hydrogens is 242 g/mol. The third-order valence-corrected chi connectivity index (χ3v) is 2.09. The van der Waals surface area contributed by atoms with E-state index in [1.165, 1.54) is 5.17 Å². The Morgan fingerprint density at radius 3 is 2.63 bits per heavy atom. The van der Waals surface area contributed by atoms with Crippen molar-refractivity contribution < 1.29 is 9.57 Å². The van der Waals surface area contributed by atoms with E-state index in [2.05, 4.69) is 17.0 Å². The zero-order valence-electron chi connectivity index (χ0n) is 11.7. The summed E-state index contributed by atoms with van der Waals surface area (Å²) in [5.41, 5.74) is 1.15. The van der Waals surface area contributed by atoms with Crippen LogP contribution in [0.5, 0.6) is 0 Å². The monoisotopic (exact) mass is 263 g/mol. The summed E-state index contributed by atoms with van der Waals surface area (Å²) in [5, 5.41) is 8.58. The molecule has 0 spiro atoms. The number of benzene rings is 1. The van der Waals surface area contributed by atoms with E-state index in [-0.39, 0.29) is 0 Å². The number of hydrogen-bond donors (Lipinski definition) is 1. The van der Waals surface area contributed by atoms with Gasteiger partial charge in [-0.3, -0.25) is 0 Å². The zero-order chi connectivity index (χ0) is 14.1. The van der Waals surface area contributed by atoms with Gasteiger partial charge in [-0.1, -0.05) is 42.0 Å². The van der Waals surface area contributed by atoms with Crippen molar-refractivity contribution in [1.82, 2.24) is 10.5 Å². The highest BCUT2D eigenvalue weighted by atomic mass is 16.7. The minimum Gasteiger partial charge on any atom is -0.464 e. The molecule has 1 N–H and O–H groups in total. The molecule has 5 heteroatoms. The van der Waals surface area contributed by atoms with Gasteiger partial charge in [-0.15, -0.1) is 5.17 Å². The van der Waals surface area contributed by atoms with E-state index >= 15 is 0 Å². The summed E-state index contributed by atoms with van der Waals surface area (Å²) in [7, 11) is 1.68. The van der Waals surface area contributed by atoms with E-state index in [9.17, 15) is 0 Å². The first kappa shape index (κ1) is 14.9. The third-order valence-electron chi connectivity index (χ3n) is 2.09. The summed E-state index contributed by atoms with van der Waals surface area (Å²) in [4.78, 5) is 5.21. The Balaban J connectivity index is 2.56. The summed E-state index contributed by atoms with van der Waals surface area (Å²) in [6.07, 6.45) is 0. The van der Waals surface area contributed by atoms with Gasteiger partial charge >= 0.3 is 6.02 Å². The Kier molecular flexibility index (Phi) is 6.29. The lowest BCUT2D eigenvalue weighted by Crippen LogP contribution is -2.29. The van der Waals surface area contributed by atoms with Crippen molar-refractivity contribution in [3.05, 3.63) is 48.2 Å². The van der Waals surface area contributed by atoms with Crippen molar-refractivity contribution in [3.8, 4) is 0 Å². The van der Waals surface area contributed by atoms with Crippen LogP contribution in [0.4, 0.5) is 0 Å². The number of hydrazone groups is 1. The van der Waals surface area contributed by atoms with Crippen molar-refractivity contribution in [3.63, 3.8) is 0 Å². The van der Waals surface area contributed by atoms with E-state index in [1.54, 1.807) is 14.0 Å². The summed E-state index contributed by atoms with van der Waals surface area (Å²) in [5.74, 6) is 0.560. The first-order chi connectivity index (χ1) is 9.11. The quantitative estimate of drug-likeness (QED) is 0.371. The molecule has 0 aliphatic heterocycles. The summed E-state index contributed by atoms with van der Waals surface area (Å²) < 4.78 is 5.40. The molecule has 0 heterocycles. The molecule has 0 saturated heterocycles. The molecule has 0 unspecified atom stereocenters. The second kappa shape index (κ2) is 8.02. The Morgan fingerprint density at radius 2 is 2.05 bits per heavy atom. The van der Waals surface area contributed by atoms with E-state index in [0.29, 0.717) is 24.9 Å². The lowest BCUT2D eigenvalue weighted by molar-refractivity contribution is -0.0967. The lowest BCUT2D eigenvalue weighted by atomic mass is 10.2. The smallest absolute Gasteiger partial charge is 0.309 e. The van der Waals surface area contributed by atoms with Crippen LogP contribution in [0, 0.1) is 0 Å². The van der Waals surface area contributed by atoms with Gasteiger partial charge in [-0.25, -0.2) is 0 Å². The van der Waals surface area contributed by atoms with Crippen molar-refractivity contribution >= 4 is 6.02 Å². The third kappa shape index (κ3) is 6.35. The van der Waals surface area contributed by atoms with Gasteiger partial charge in [-0.2, -0.15) is 0 Å². The maximum atomic E-state index is 5.40. The fourth-order valence-electron chi connectivity index (χ4n) is 1.40. The lowest BCUT2D eigenvalue weighted by Gasteiger charge is -2.16. The van der Waals surface area contributed by atoms with Crippen molar-refractivity contribution in [2.24, 2.45) is 5.10 Å². The summed E-state index contributed by atoms with van der Waals surface area (Å²) >= 11 is 0. The second-order valence-corrected chi connectivity index (χ2v) is 3.93. The van der Waals surface area contributed by atoms with Gasteiger partial charge in [0.2, 0.25) is 0 Å². The zero-order valence-corrected chi connectivity index (χ0v) is 11.7. The maximum Gasteiger partial charge on any atom is 0.309 e. The molecule has 1 aromatic rings. The number of amidine groups is 1. The first-order valence-electron chi connectivity index (χ1n) is 6.18. The summed E-state index contributed by atoms with van der Waals surface area (Å²) in [6, 6.07) is 10.4. The standard InChI is InChI=1S/C14H21N3O2/c1-5-18-14(16-17(4)19-12(2)3)15-11-13-9-7-6-8-10-13/h6-10H,2,5,11H2,1,3-4H3,(H,15,16). The number of nitrogens with one attached hydrogen (secondary N) is 1. The number of ether oxygens (including phenoxy) is 1. The van der Waals surface area contributed by atoms with Crippen LogP contribution in [0.15, 0.2) is 47.8 Å². The second-order valence-electron chi connectivity index (χ2n) is 3.93. The molecule has 0 bridgehead atoms. The average molecular weight is 263 g/mol. The Bertz CT molecular complexity index is 418. The molecular formula is C14H21N3O2. The minimum atomic E-state index is 0.412. The van der Waals surface area contributed by atoms with Crippen LogP contribution in [0.1, 0.15) is 19.4 Å². The number of allylic oxidation sites excluding steroid dienone is 1. The fourth-order valence-corrected chi connectivity index (χ4v) is 1.40. The van der Waals surface area contributed by atoms with Crippen LogP contribution in [-0.2, 0) is 16.1 Å². The predicted octanol–water partition coefficient (Wildman–Crippen LogP) is 2.48. The molecule has 0 amide bonds. The van der Waals surface area contributed by atoms with Crippen LogP contribution in [0.3, 0.4) is 0 Å². The summed E-state index contributed by atoms with van der Waals surface area (Å²) in [6.45, 7) is 8.47. The Hall–Kier alpha value is -2.17. The van der Waals surface area contributed by atoms with Crippen LogP contribution in [-0.4, -0.2) is 24.8 Å². The van der Waals surface area contributed by atoms with Gasteiger partial charge in [0.1, 0.15) is 5.76 Å². The van der Waals surface area contributed by atoms with E-state index in [1.807, 2.05) is 37.3 Å². The molecule has 19 heavy (non-hydrogen) atoms. The highest BCUT2D eigenvalue weighted by molar-refractivity contribution is 5.73. The molecule has 5 nitrogen and oxygen atoms in total. The van der Waals surface area contributed by atoms with Gasteiger partial charge in [0.15, 0.2) is 0 Å². The van der Waals surface area contributed by atoms with Crippen LogP contribution in [0.25, 0.3) is 0 Å². The molecule has 0 fully saturated rings. The topological polar surface area (TPSA) is 46.1 Å². The van der Waals surface area contributed by atoms with Gasteiger partial charge in [-0.05, 0) is 19.4 Å². The molecule has 1 rings (SSSR count). The van der Waals surface area contributed by atoms with Gasteiger partial charge in [0, 0.05) is 6.54 Å². The van der Waals surface area contributed by atoms with Crippen LogP contribution in [0.2, 0.25) is 0 Å². The van der Waals surface area contributed by atoms with Crippen molar-refractivity contribution in [1.29, 1.82) is 0 Å². The van der Waals surface area contributed by atoms with E-state index < -0.39 is 0 Å². The number of rotatable bonds is 6. The average Bonchev–Trinajstić information content (AvgIpc) is 2.36. The molecule has 0 atom stereocenters. The minimum absolute atomic E-state index is 0.412. The molecule has 1 aromatic carbocycles.